The van der Waals surface area contributed by atoms with Crippen molar-refractivity contribution in [3.05, 3.63) is 54.1 Å². The van der Waals surface area contributed by atoms with E-state index in [1.54, 1.807) is 45.6 Å². The topological polar surface area (TPSA) is 56.8 Å². The molecule has 23 heavy (non-hydrogen) atoms. The van der Waals surface area contributed by atoms with E-state index in [1.807, 2.05) is 24.3 Å². The van der Waals surface area contributed by atoms with E-state index in [0.717, 1.165) is 5.56 Å². The lowest BCUT2D eigenvalue weighted by Crippen LogP contribution is -2.09. The number of benzene rings is 2. The summed E-state index contributed by atoms with van der Waals surface area (Å²) in [4.78, 5) is 12.1. The normalized spacial score (nSPS) is 10.4. The molecule has 0 radical (unpaired) electrons. The molecule has 0 aliphatic heterocycles. The molecule has 2 aromatic carbocycles. The number of rotatable bonds is 6. The van der Waals surface area contributed by atoms with Gasteiger partial charge in [0.15, 0.2) is 0 Å². The third-order valence-electron chi connectivity index (χ3n) is 3.22. The van der Waals surface area contributed by atoms with Gasteiger partial charge in [-0.1, -0.05) is 18.2 Å². The maximum Gasteiger partial charge on any atom is 0.248 e. The monoisotopic (exact) mass is 313 g/mol. The molecular formula is C18H19NO4. The summed E-state index contributed by atoms with van der Waals surface area (Å²) in [6.07, 6.45) is 3.14. The number of methoxy groups -OCH3 is 3. The van der Waals surface area contributed by atoms with Gasteiger partial charge in [-0.25, -0.2) is 0 Å². The second-order valence-electron chi connectivity index (χ2n) is 4.63. The van der Waals surface area contributed by atoms with Gasteiger partial charge in [-0.15, -0.1) is 0 Å². The van der Waals surface area contributed by atoms with Gasteiger partial charge in [-0.05, 0) is 24.3 Å². The van der Waals surface area contributed by atoms with Crippen LogP contribution < -0.4 is 19.5 Å². The van der Waals surface area contributed by atoms with E-state index in [4.69, 9.17) is 14.2 Å². The van der Waals surface area contributed by atoms with E-state index in [0.29, 0.717) is 22.9 Å². The fraction of sp³-hybridized carbons (Fsp3) is 0.167. The average molecular weight is 313 g/mol. The zero-order valence-electron chi connectivity index (χ0n) is 13.3. The minimum Gasteiger partial charge on any atom is -0.497 e. The van der Waals surface area contributed by atoms with Gasteiger partial charge in [0.05, 0.1) is 27.0 Å². The molecule has 0 aromatic heterocycles. The van der Waals surface area contributed by atoms with Crippen LogP contribution in [0, 0.1) is 0 Å². The Morgan fingerprint density at radius 2 is 1.70 bits per heavy atom. The predicted octanol–water partition coefficient (Wildman–Crippen LogP) is 3.36. The smallest absolute Gasteiger partial charge is 0.248 e. The summed E-state index contributed by atoms with van der Waals surface area (Å²) in [6, 6.07) is 12.7. The van der Waals surface area contributed by atoms with Crippen LogP contribution in [0.15, 0.2) is 48.5 Å². The Morgan fingerprint density at radius 1 is 0.957 bits per heavy atom. The first kappa shape index (κ1) is 16.4. The number of amides is 1. The summed E-state index contributed by atoms with van der Waals surface area (Å²) in [6.45, 7) is 0. The fourth-order valence-corrected chi connectivity index (χ4v) is 2.06. The summed E-state index contributed by atoms with van der Waals surface area (Å²) in [5.74, 6) is 1.62. The molecule has 2 aromatic rings. The Bertz CT molecular complexity index is 710. The highest BCUT2D eigenvalue weighted by molar-refractivity contribution is 6.03. The molecule has 1 amide bonds. The third-order valence-corrected chi connectivity index (χ3v) is 3.22. The highest BCUT2D eigenvalue weighted by Gasteiger charge is 2.07. The van der Waals surface area contributed by atoms with Crippen molar-refractivity contribution < 1.29 is 19.0 Å². The zero-order chi connectivity index (χ0) is 16.7. The summed E-state index contributed by atoms with van der Waals surface area (Å²) in [5.41, 5.74) is 1.37. The number of hydrogen-bond acceptors (Lipinski definition) is 4. The van der Waals surface area contributed by atoms with Gasteiger partial charge in [-0.2, -0.15) is 0 Å². The molecule has 5 nitrogen and oxygen atoms in total. The Hall–Kier alpha value is -2.95. The highest BCUT2D eigenvalue weighted by atomic mass is 16.5. The van der Waals surface area contributed by atoms with E-state index in [1.165, 1.54) is 6.08 Å². The first-order valence-electron chi connectivity index (χ1n) is 7.02. The first-order valence-corrected chi connectivity index (χ1v) is 7.02. The van der Waals surface area contributed by atoms with Crippen molar-refractivity contribution in [2.45, 2.75) is 0 Å². The minimum atomic E-state index is -0.276. The Balaban J connectivity index is 2.14. The largest absolute Gasteiger partial charge is 0.497 e. The lowest BCUT2D eigenvalue weighted by atomic mass is 10.2. The molecule has 5 heteroatoms. The number of hydrogen-bond donors (Lipinski definition) is 1. The van der Waals surface area contributed by atoms with Crippen LogP contribution in [0.5, 0.6) is 17.2 Å². The molecule has 0 saturated heterocycles. The van der Waals surface area contributed by atoms with Crippen molar-refractivity contribution in [1.82, 2.24) is 0 Å². The summed E-state index contributed by atoms with van der Waals surface area (Å²) < 4.78 is 15.6. The number of carbonyl (C=O) groups is 1. The summed E-state index contributed by atoms with van der Waals surface area (Å²) in [5, 5.41) is 2.77. The molecule has 0 unspecified atom stereocenters. The Morgan fingerprint density at radius 3 is 2.39 bits per heavy atom. The number of carbonyl (C=O) groups excluding carboxylic acids is 1. The second-order valence-corrected chi connectivity index (χ2v) is 4.63. The molecule has 0 spiro atoms. The van der Waals surface area contributed by atoms with Crippen LogP contribution in [0.2, 0.25) is 0 Å². The third kappa shape index (κ3) is 4.26. The average Bonchev–Trinajstić information content (AvgIpc) is 2.60. The van der Waals surface area contributed by atoms with E-state index in [-0.39, 0.29) is 5.91 Å². The lowest BCUT2D eigenvalue weighted by Gasteiger charge is -2.10. The standard InChI is InChI=1S/C18H19NO4/c1-21-14-9-10-17(23-3)15(12-14)19-18(20)11-8-13-6-4-5-7-16(13)22-2/h4-12H,1-3H3,(H,19,20)/b11-8+. The van der Waals surface area contributed by atoms with Crippen molar-refractivity contribution in [2.75, 3.05) is 26.6 Å². The Kier molecular flexibility index (Phi) is 5.63. The van der Waals surface area contributed by atoms with Crippen LogP contribution >= 0.6 is 0 Å². The van der Waals surface area contributed by atoms with Crippen molar-refractivity contribution in [3.63, 3.8) is 0 Å². The van der Waals surface area contributed by atoms with E-state index in [2.05, 4.69) is 5.32 Å². The van der Waals surface area contributed by atoms with Gasteiger partial charge < -0.3 is 19.5 Å². The molecule has 0 bridgehead atoms. The molecule has 120 valence electrons. The van der Waals surface area contributed by atoms with Crippen molar-refractivity contribution >= 4 is 17.7 Å². The number of anilines is 1. The quantitative estimate of drug-likeness (QED) is 0.831. The highest BCUT2D eigenvalue weighted by Crippen LogP contribution is 2.29. The molecule has 0 heterocycles. The number of ether oxygens (including phenoxy) is 3. The van der Waals surface area contributed by atoms with Gasteiger partial charge in [0.1, 0.15) is 17.2 Å². The lowest BCUT2D eigenvalue weighted by molar-refractivity contribution is -0.111. The van der Waals surface area contributed by atoms with E-state index >= 15 is 0 Å². The first-order chi connectivity index (χ1) is 11.2. The van der Waals surface area contributed by atoms with Gasteiger partial charge in [-0.3, -0.25) is 4.79 Å². The van der Waals surface area contributed by atoms with Gasteiger partial charge in [0.25, 0.3) is 0 Å². The predicted molar refractivity (Wildman–Crippen MR) is 90.2 cm³/mol. The van der Waals surface area contributed by atoms with Gasteiger partial charge in [0, 0.05) is 17.7 Å². The maximum atomic E-state index is 12.1. The molecule has 0 fully saturated rings. The van der Waals surface area contributed by atoms with E-state index < -0.39 is 0 Å². The summed E-state index contributed by atoms with van der Waals surface area (Å²) in [7, 11) is 4.70. The molecule has 0 aliphatic carbocycles. The van der Waals surface area contributed by atoms with Crippen molar-refractivity contribution in [1.29, 1.82) is 0 Å². The molecule has 0 aliphatic rings. The molecule has 1 N–H and O–H groups in total. The fourth-order valence-electron chi connectivity index (χ4n) is 2.06. The molecule has 2 rings (SSSR count). The second kappa shape index (κ2) is 7.89. The van der Waals surface area contributed by atoms with Crippen LogP contribution in [0.25, 0.3) is 6.08 Å². The van der Waals surface area contributed by atoms with Crippen LogP contribution in [-0.4, -0.2) is 27.2 Å². The summed E-state index contributed by atoms with van der Waals surface area (Å²) >= 11 is 0. The van der Waals surface area contributed by atoms with Crippen molar-refractivity contribution in [2.24, 2.45) is 0 Å². The molecule has 0 atom stereocenters. The van der Waals surface area contributed by atoms with Crippen molar-refractivity contribution in [3.8, 4) is 17.2 Å². The molecule has 0 saturated carbocycles. The number of para-hydroxylation sites is 1. The zero-order valence-corrected chi connectivity index (χ0v) is 13.3. The SMILES string of the molecule is COc1ccc(OC)c(NC(=O)/C=C/c2ccccc2OC)c1. The minimum absolute atomic E-state index is 0.276. The van der Waals surface area contributed by atoms with Crippen LogP contribution in [0.1, 0.15) is 5.56 Å². The van der Waals surface area contributed by atoms with E-state index in [9.17, 15) is 4.79 Å². The maximum absolute atomic E-state index is 12.1. The van der Waals surface area contributed by atoms with Crippen LogP contribution in [-0.2, 0) is 4.79 Å². The number of nitrogens with one attached hydrogen (secondary N) is 1. The van der Waals surface area contributed by atoms with Crippen LogP contribution in [0.4, 0.5) is 5.69 Å². The Labute approximate surface area is 135 Å². The van der Waals surface area contributed by atoms with Gasteiger partial charge in [0.2, 0.25) is 5.91 Å². The molecular weight excluding hydrogens is 294 g/mol. The van der Waals surface area contributed by atoms with Crippen LogP contribution in [0.3, 0.4) is 0 Å². The van der Waals surface area contributed by atoms with Gasteiger partial charge >= 0.3 is 0 Å².